The number of ether oxygens (including phenoxy) is 1. The van der Waals surface area contributed by atoms with Crippen molar-refractivity contribution in [3.8, 4) is 5.75 Å². The molecule has 0 N–H and O–H groups in total. The second-order valence-electron chi connectivity index (χ2n) is 3.89. The third-order valence-corrected chi connectivity index (χ3v) is 3.62. The summed E-state index contributed by atoms with van der Waals surface area (Å²) in [5.74, 6) is 0.875. The van der Waals surface area contributed by atoms with Crippen molar-refractivity contribution in [1.82, 2.24) is 0 Å². The van der Waals surface area contributed by atoms with Crippen molar-refractivity contribution in [1.29, 1.82) is 0 Å². The number of alkyl halides is 1. The number of rotatable bonds is 6. The van der Waals surface area contributed by atoms with Gasteiger partial charge in [0.15, 0.2) is 0 Å². The second-order valence-corrected chi connectivity index (χ2v) is 5.37. The smallest absolute Gasteiger partial charge is 0.133 e. The molecule has 1 unspecified atom stereocenters. The Morgan fingerprint density at radius 2 is 2.12 bits per heavy atom. The molecule has 0 aromatic heterocycles. The number of hydrogen-bond donors (Lipinski definition) is 0. The highest BCUT2D eigenvalue weighted by Crippen LogP contribution is 2.26. The van der Waals surface area contributed by atoms with Gasteiger partial charge in [-0.3, -0.25) is 0 Å². The predicted molar refractivity (Wildman–Crippen MR) is 73.6 cm³/mol. The summed E-state index contributed by atoms with van der Waals surface area (Å²) in [6.07, 6.45) is 4.31. The van der Waals surface area contributed by atoms with Gasteiger partial charge in [-0.1, -0.05) is 19.4 Å². The summed E-state index contributed by atoms with van der Waals surface area (Å²) in [5.41, 5.74) is 1.30. The molecule has 16 heavy (non-hydrogen) atoms. The van der Waals surface area contributed by atoms with Crippen LogP contribution in [0.25, 0.3) is 0 Å². The Hall–Kier alpha value is -0.210. The molecule has 1 nitrogen and oxygen atoms in total. The first-order valence-corrected chi connectivity index (χ1v) is 6.86. The largest absolute Gasteiger partial charge is 0.496 e. The van der Waals surface area contributed by atoms with Gasteiger partial charge in [-0.15, -0.1) is 11.6 Å². The fourth-order valence-electron chi connectivity index (χ4n) is 1.65. The predicted octanol–water partition coefficient (Wildman–Crippen LogP) is 4.80. The van der Waals surface area contributed by atoms with Crippen LogP contribution in [-0.2, 0) is 6.42 Å². The zero-order chi connectivity index (χ0) is 12.0. The van der Waals surface area contributed by atoms with E-state index in [2.05, 4.69) is 35.0 Å². The zero-order valence-electron chi connectivity index (χ0n) is 9.80. The molecule has 0 heterocycles. The highest BCUT2D eigenvalue weighted by Gasteiger charge is 2.05. The van der Waals surface area contributed by atoms with Gasteiger partial charge < -0.3 is 4.74 Å². The van der Waals surface area contributed by atoms with Crippen LogP contribution in [-0.4, -0.2) is 12.5 Å². The van der Waals surface area contributed by atoms with E-state index in [0.717, 1.165) is 35.9 Å². The lowest BCUT2D eigenvalue weighted by Crippen LogP contribution is -2.00. The number of benzene rings is 1. The normalized spacial score (nSPS) is 12.5. The lowest BCUT2D eigenvalue weighted by atomic mass is 10.1. The van der Waals surface area contributed by atoms with Crippen molar-refractivity contribution in [3.63, 3.8) is 0 Å². The Kier molecular flexibility index (Phi) is 6.22. The van der Waals surface area contributed by atoms with Crippen LogP contribution in [0.3, 0.4) is 0 Å². The van der Waals surface area contributed by atoms with Crippen LogP contribution < -0.4 is 4.74 Å². The van der Waals surface area contributed by atoms with Gasteiger partial charge in [0, 0.05) is 5.38 Å². The van der Waals surface area contributed by atoms with Crippen molar-refractivity contribution in [2.45, 2.75) is 38.0 Å². The minimum atomic E-state index is 0.297. The third-order valence-electron chi connectivity index (χ3n) is 2.56. The number of halogens is 2. The Balaban J connectivity index is 2.51. The Bertz CT molecular complexity index is 328. The average molecular weight is 306 g/mol. The van der Waals surface area contributed by atoms with Crippen molar-refractivity contribution < 1.29 is 4.74 Å². The molecule has 3 heteroatoms. The summed E-state index contributed by atoms with van der Waals surface area (Å²) >= 11 is 9.68. The molecule has 0 aliphatic heterocycles. The standard InChI is InChI=1S/C13H18BrClO/c1-3-4-11(15)7-5-10-6-8-13(16-2)12(14)9-10/h6,8-9,11H,3-5,7H2,1-2H3. The van der Waals surface area contributed by atoms with Crippen molar-refractivity contribution in [2.75, 3.05) is 7.11 Å². The average Bonchev–Trinajstić information content (AvgIpc) is 2.27. The SMILES string of the molecule is CCCC(Cl)CCc1ccc(OC)c(Br)c1. The van der Waals surface area contributed by atoms with Gasteiger partial charge in [0.05, 0.1) is 11.6 Å². The topological polar surface area (TPSA) is 9.23 Å². The van der Waals surface area contributed by atoms with E-state index in [1.165, 1.54) is 5.56 Å². The van der Waals surface area contributed by atoms with E-state index in [0.29, 0.717) is 5.38 Å². The van der Waals surface area contributed by atoms with Crippen LogP contribution in [0, 0.1) is 0 Å². The molecule has 1 atom stereocenters. The van der Waals surface area contributed by atoms with Crippen LogP contribution in [0.5, 0.6) is 5.75 Å². The van der Waals surface area contributed by atoms with E-state index in [1.807, 2.05) is 6.07 Å². The minimum absolute atomic E-state index is 0.297. The van der Waals surface area contributed by atoms with Gasteiger partial charge in [-0.25, -0.2) is 0 Å². The summed E-state index contributed by atoms with van der Waals surface area (Å²) in [6.45, 7) is 2.17. The quantitative estimate of drug-likeness (QED) is 0.686. The molecule has 1 rings (SSSR count). The second kappa shape index (κ2) is 7.18. The van der Waals surface area contributed by atoms with Gasteiger partial charge in [0.25, 0.3) is 0 Å². The minimum Gasteiger partial charge on any atom is -0.496 e. The van der Waals surface area contributed by atoms with E-state index < -0.39 is 0 Å². The Morgan fingerprint density at radius 1 is 1.38 bits per heavy atom. The highest BCUT2D eigenvalue weighted by molar-refractivity contribution is 9.10. The zero-order valence-corrected chi connectivity index (χ0v) is 12.1. The summed E-state index contributed by atoms with van der Waals surface area (Å²) in [4.78, 5) is 0. The molecule has 1 aromatic rings. The Morgan fingerprint density at radius 3 is 2.69 bits per heavy atom. The monoisotopic (exact) mass is 304 g/mol. The third kappa shape index (κ3) is 4.34. The first-order valence-electron chi connectivity index (χ1n) is 5.63. The Labute approximate surface area is 111 Å². The molecule has 0 aliphatic rings. The van der Waals surface area contributed by atoms with E-state index >= 15 is 0 Å². The van der Waals surface area contributed by atoms with Gasteiger partial charge in [0.1, 0.15) is 5.75 Å². The van der Waals surface area contributed by atoms with E-state index in [-0.39, 0.29) is 0 Å². The molecular weight excluding hydrogens is 287 g/mol. The van der Waals surface area contributed by atoms with Crippen LogP contribution >= 0.6 is 27.5 Å². The van der Waals surface area contributed by atoms with Crippen LogP contribution in [0.2, 0.25) is 0 Å². The molecule has 90 valence electrons. The molecule has 0 fully saturated rings. The molecule has 0 spiro atoms. The number of methoxy groups -OCH3 is 1. The summed E-state index contributed by atoms with van der Waals surface area (Å²) in [5, 5.41) is 0.297. The maximum atomic E-state index is 6.19. The highest BCUT2D eigenvalue weighted by atomic mass is 79.9. The van der Waals surface area contributed by atoms with Crippen molar-refractivity contribution in [3.05, 3.63) is 28.2 Å². The molecule has 0 saturated carbocycles. The molecule has 1 aromatic carbocycles. The van der Waals surface area contributed by atoms with E-state index in [1.54, 1.807) is 7.11 Å². The maximum absolute atomic E-state index is 6.19. The molecular formula is C13H18BrClO. The summed E-state index contributed by atoms with van der Waals surface area (Å²) in [6, 6.07) is 6.19. The van der Waals surface area contributed by atoms with E-state index in [9.17, 15) is 0 Å². The first kappa shape index (κ1) is 13.9. The van der Waals surface area contributed by atoms with Gasteiger partial charge >= 0.3 is 0 Å². The first-order chi connectivity index (χ1) is 7.67. The lowest BCUT2D eigenvalue weighted by Gasteiger charge is -2.09. The fourth-order valence-corrected chi connectivity index (χ4v) is 2.56. The van der Waals surface area contributed by atoms with Crippen LogP contribution in [0.1, 0.15) is 31.7 Å². The van der Waals surface area contributed by atoms with Crippen LogP contribution in [0.4, 0.5) is 0 Å². The molecule has 0 bridgehead atoms. The molecule has 0 radical (unpaired) electrons. The van der Waals surface area contributed by atoms with Gasteiger partial charge in [-0.2, -0.15) is 0 Å². The van der Waals surface area contributed by atoms with Crippen molar-refractivity contribution >= 4 is 27.5 Å². The van der Waals surface area contributed by atoms with Gasteiger partial charge in [-0.05, 0) is 52.9 Å². The summed E-state index contributed by atoms with van der Waals surface area (Å²) in [7, 11) is 1.68. The molecule has 0 aliphatic carbocycles. The van der Waals surface area contributed by atoms with Crippen molar-refractivity contribution in [2.24, 2.45) is 0 Å². The maximum Gasteiger partial charge on any atom is 0.133 e. The number of hydrogen-bond acceptors (Lipinski definition) is 1. The summed E-state index contributed by atoms with van der Waals surface area (Å²) < 4.78 is 6.20. The van der Waals surface area contributed by atoms with Gasteiger partial charge in [0.2, 0.25) is 0 Å². The van der Waals surface area contributed by atoms with E-state index in [4.69, 9.17) is 16.3 Å². The molecule has 0 saturated heterocycles. The fraction of sp³-hybridized carbons (Fsp3) is 0.538. The number of aryl methyl sites for hydroxylation is 1. The lowest BCUT2D eigenvalue weighted by molar-refractivity contribution is 0.412. The van der Waals surface area contributed by atoms with Crippen LogP contribution in [0.15, 0.2) is 22.7 Å². The molecule has 0 amide bonds.